The standard InChI is InChI=1S/C8H15NO3.C2H6/c1-12-7-2-4-9(5-3-7)8(11)6-10;1-2/h7,10H,2-6H2,1H3;1-2H3. The summed E-state index contributed by atoms with van der Waals surface area (Å²) >= 11 is 0. The van der Waals surface area contributed by atoms with Gasteiger partial charge < -0.3 is 14.7 Å². The Morgan fingerprint density at radius 2 is 1.93 bits per heavy atom. The molecule has 0 unspecified atom stereocenters. The average Bonchev–Trinajstić information content (AvgIpc) is 2.31. The lowest BCUT2D eigenvalue weighted by Gasteiger charge is -2.30. The smallest absolute Gasteiger partial charge is 0.248 e. The van der Waals surface area contributed by atoms with Gasteiger partial charge in [-0.2, -0.15) is 0 Å². The minimum Gasteiger partial charge on any atom is -0.387 e. The minimum absolute atomic E-state index is 0.176. The molecule has 1 heterocycles. The number of rotatable bonds is 2. The van der Waals surface area contributed by atoms with Crippen molar-refractivity contribution in [2.24, 2.45) is 0 Å². The van der Waals surface area contributed by atoms with Crippen molar-refractivity contribution in [2.45, 2.75) is 32.8 Å². The maximum atomic E-state index is 11.0. The van der Waals surface area contributed by atoms with Crippen LogP contribution in [0, 0.1) is 0 Å². The molecule has 1 saturated heterocycles. The molecule has 0 aromatic rings. The lowest BCUT2D eigenvalue weighted by atomic mass is 10.1. The van der Waals surface area contributed by atoms with E-state index in [2.05, 4.69) is 0 Å². The fourth-order valence-corrected chi connectivity index (χ4v) is 1.44. The van der Waals surface area contributed by atoms with E-state index >= 15 is 0 Å². The summed E-state index contributed by atoms with van der Waals surface area (Å²) < 4.78 is 5.15. The second-order valence-electron chi connectivity index (χ2n) is 2.97. The third kappa shape index (κ3) is 4.07. The quantitative estimate of drug-likeness (QED) is 0.716. The van der Waals surface area contributed by atoms with E-state index in [-0.39, 0.29) is 18.6 Å². The molecule has 0 atom stereocenters. The Bertz CT molecular complexity index is 153. The van der Waals surface area contributed by atoms with E-state index in [4.69, 9.17) is 9.84 Å². The zero-order valence-corrected chi connectivity index (χ0v) is 9.32. The summed E-state index contributed by atoms with van der Waals surface area (Å²) in [6.07, 6.45) is 2.04. The highest BCUT2D eigenvalue weighted by molar-refractivity contribution is 5.77. The van der Waals surface area contributed by atoms with Gasteiger partial charge >= 0.3 is 0 Å². The van der Waals surface area contributed by atoms with Crippen LogP contribution in [-0.2, 0) is 9.53 Å². The maximum absolute atomic E-state index is 11.0. The Morgan fingerprint density at radius 3 is 2.29 bits per heavy atom. The maximum Gasteiger partial charge on any atom is 0.248 e. The summed E-state index contributed by atoms with van der Waals surface area (Å²) in [5.41, 5.74) is 0. The number of aliphatic hydroxyl groups is 1. The molecular formula is C10H21NO3. The van der Waals surface area contributed by atoms with Gasteiger partial charge in [-0.1, -0.05) is 13.8 Å². The van der Waals surface area contributed by atoms with Crippen LogP contribution in [0.4, 0.5) is 0 Å². The summed E-state index contributed by atoms with van der Waals surface area (Å²) in [6, 6.07) is 0. The number of carbonyl (C=O) groups excluding carboxylic acids is 1. The average molecular weight is 203 g/mol. The second kappa shape index (κ2) is 7.76. The Morgan fingerprint density at radius 1 is 1.43 bits per heavy atom. The first-order valence-electron chi connectivity index (χ1n) is 5.19. The zero-order valence-electron chi connectivity index (χ0n) is 9.32. The molecule has 1 fully saturated rings. The Kier molecular flexibility index (Phi) is 7.42. The third-order valence-electron chi connectivity index (χ3n) is 2.26. The van der Waals surface area contributed by atoms with E-state index in [9.17, 15) is 4.79 Å². The van der Waals surface area contributed by atoms with Crippen LogP contribution in [0.3, 0.4) is 0 Å². The van der Waals surface area contributed by atoms with Gasteiger partial charge in [0.1, 0.15) is 6.61 Å². The number of likely N-dealkylation sites (tertiary alicyclic amines) is 1. The highest BCUT2D eigenvalue weighted by Gasteiger charge is 2.21. The lowest BCUT2D eigenvalue weighted by molar-refractivity contribution is -0.136. The van der Waals surface area contributed by atoms with Crippen LogP contribution in [-0.4, -0.2) is 48.8 Å². The van der Waals surface area contributed by atoms with Crippen LogP contribution >= 0.6 is 0 Å². The summed E-state index contributed by atoms with van der Waals surface area (Å²) in [7, 11) is 1.69. The number of aliphatic hydroxyl groups excluding tert-OH is 1. The van der Waals surface area contributed by atoms with E-state index in [1.54, 1.807) is 12.0 Å². The topological polar surface area (TPSA) is 49.8 Å². The van der Waals surface area contributed by atoms with Crippen molar-refractivity contribution in [2.75, 3.05) is 26.8 Å². The number of nitrogens with zero attached hydrogens (tertiary/aromatic N) is 1. The monoisotopic (exact) mass is 203 g/mol. The van der Waals surface area contributed by atoms with Gasteiger partial charge in [0.15, 0.2) is 0 Å². The number of amides is 1. The molecule has 84 valence electrons. The van der Waals surface area contributed by atoms with Gasteiger partial charge in [-0.25, -0.2) is 0 Å². The first kappa shape index (κ1) is 13.4. The number of hydrogen-bond acceptors (Lipinski definition) is 3. The van der Waals surface area contributed by atoms with Crippen molar-refractivity contribution in [3.05, 3.63) is 0 Å². The molecule has 0 spiro atoms. The van der Waals surface area contributed by atoms with E-state index < -0.39 is 0 Å². The van der Waals surface area contributed by atoms with Gasteiger partial charge in [0.2, 0.25) is 5.91 Å². The molecule has 1 N–H and O–H groups in total. The first-order valence-corrected chi connectivity index (χ1v) is 5.19. The SMILES string of the molecule is CC.COC1CCN(C(=O)CO)CC1. The molecule has 4 heteroatoms. The number of piperidine rings is 1. The predicted molar refractivity (Wildman–Crippen MR) is 55.0 cm³/mol. The summed E-state index contributed by atoms with van der Waals surface area (Å²) in [5.74, 6) is -0.176. The van der Waals surface area contributed by atoms with Gasteiger partial charge in [0, 0.05) is 20.2 Å². The normalized spacial score (nSPS) is 17.3. The van der Waals surface area contributed by atoms with Gasteiger partial charge in [0.25, 0.3) is 0 Å². The highest BCUT2D eigenvalue weighted by Crippen LogP contribution is 2.12. The molecule has 0 saturated carbocycles. The molecular weight excluding hydrogens is 182 g/mol. The van der Waals surface area contributed by atoms with E-state index in [1.807, 2.05) is 13.8 Å². The van der Waals surface area contributed by atoms with Crippen LogP contribution < -0.4 is 0 Å². The lowest BCUT2D eigenvalue weighted by Crippen LogP contribution is -2.41. The van der Waals surface area contributed by atoms with Crippen LogP contribution in [0.1, 0.15) is 26.7 Å². The number of carbonyl (C=O) groups is 1. The minimum atomic E-state index is -0.377. The molecule has 0 aliphatic carbocycles. The largest absolute Gasteiger partial charge is 0.387 e. The number of methoxy groups -OCH3 is 1. The van der Waals surface area contributed by atoms with Crippen LogP contribution in [0.5, 0.6) is 0 Å². The van der Waals surface area contributed by atoms with Crippen molar-refractivity contribution in [1.82, 2.24) is 4.90 Å². The molecule has 0 radical (unpaired) electrons. The molecule has 0 aromatic heterocycles. The van der Waals surface area contributed by atoms with E-state index in [0.29, 0.717) is 13.1 Å². The summed E-state index contributed by atoms with van der Waals surface area (Å²) in [5, 5.41) is 8.59. The van der Waals surface area contributed by atoms with Crippen molar-refractivity contribution >= 4 is 5.91 Å². The molecule has 1 aliphatic heterocycles. The predicted octanol–water partition coefficient (Wildman–Crippen LogP) is 0.642. The second-order valence-corrected chi connectivity index (χ2v) is 2.97. The van der Waals surface area contributed by atoms with Gasteiger partial charge in [-0.3, -0.25) is 4.79 Å². The van der Waals surface area contributed by atoms with Crippen molar-refractivity contribution in [3.63, 3.8) is 0 Å². The fraction of sp³-hybridized carbons (Fsp3) is 0.900. The van der Waals surface area contributed by atoms with E-state index in [0.717, 1.165) is 12.8 Å². The summed E-state index contributed by atoms with van der Waals surface area (Å²) in [6.45, 7) is 5.04. The molecule has 0 bridgehead atoms. The Balaban J connectivity index is 0.000000791. The van der Waals surface area contributed by atoms with Gasteiger partial charge in [-0.05, 0) is 12.8 Å². The number of hydrogen-bond donors (Lipinski definition) is 1. The summed E-state index contributed by atoms with van der Waals surface area (Å²) in [4.78, 5) is 12.7. The fourth-order valence-electron chi connectivity index (χ4n) is 1.44. The zero-order chi connectivity index (χ0) is 11.0. The molecule has 4 nitrogen and oxygen atoms in total. The first-order chi connectivity index (χ1) is 6.77. The third-order valence-corrected chi connectivity index (χ3v) is 2.26. The number of ether oxygens (including phenoxy) is 1. The van der Waals surface area contributed by atoms with Crippen LogP contribution in [0.25, 0.3) is 0 Å². The van der Waals surface area contributed by atoms with Crippen molar-refractivity contribution < 1.29 is 14.6 Å². The van der Waals surface area contributed by atoms with Crippen LogP contribution in [0.15, 0.2) is 0 Å². The molecule has 1 amide bonds. The highest BCUT2D eigenvalue weighted by atomic mass is 16.5. The Hall–Kier alpha value is -0.610. The molecule has 0 aromatic carbocycles. The van der Waals surface area contributed by atoms with Crippen molar-refractivity contribution in [3.8, 4) is 0 Å². The van der Waals surface area contributed by atoms with Gasteiger partial charge in [-0.15, -0.1) is 0 Å². The molecule has 1 aliphatic rings. The molecule has 14 heavy (non-hydrogen) atoms. The Labute approximate surface area is 85.9 Å². The molecule has 1 rings (SSSR count). The van der Waals surface area contributed by atoms with Gasteiger partial charge in [0.05, 0.1) is 6.10 Å². The van der Waals surface area contributed by atoms with Crippen molar-refractivity contribution in [1.29, 1.82) is 0 Å². The van der Waals surface area contributed by atoms with Crippen LogP contribution in [0.2, 0.25) is 0 Å². The van der Waals surface area contributed by atoms with E-state index in [1.165, 1.54) is 0 Å².